The number of rotatable bonds is 6. The molecule has 9 heteroatoms. The fourth-order valence-electron chi connectivity index (χ4n) is 3.10. The first-order valence-electron chi connectivity index (χ1n) is 8.56. The zero-order valence-electron chi connectivity index (χ0n) is 15.0. The Morgan fingerprint density at radius 2 is 2.15 bits per heavy atom. The molecule has 0 unspecified atom stereocenters. The molecule has 4 aromatic rings. The lowest BCUT2D eigenvalue weighted by Gasteiger charge is -2.18. The zero-order valence-corrected chi connectivity index (χ0v) is 15.8. The van der Waals surface area contributed by atoms with Gasteiger partial charge in [0.1, 0.15) is 5.82 Å². The van der Waals surface area contributed by atoms with E-state index in [1.54, 1.807) is 30.1 Å². The van der Waals surface area contributed by atoms with Crippen molar-refractivity contribution in [3.05, 3.63) is 54.0 Å². The minimum Gasteiger partial charge on any atom is -0.342 e. The molecular formula is C18H19N7OS. The highest BCUT2D eigenvalue weighted by Gasteiger charge is 2.21. The summed E-state index contributed by atoms with van der Waals surface area (Å²) in [5, 5.41) is 14.4. The van der Waals surface area contributed by atoms with Gasteiger partial charge in [-0.3, -0.25) is 4.79 Å². The highest BCUT2D eigenvalue weighted by Crippen LogP contribution is 2.23. The smallest absolute Gasteiger partial charge is 0.252 e. The minimum atomic E-state index is -0.186. The number of aryl methyl sites for hydroxylation is 1. The van der Waals surface area contributed by atoms with E-state index in [2.05, 4.69) is 27.1 Å². The van der Waals surface area contributed by atoms with E-state index in [-0.39, 0.29) is 11.9 Å². The maximum absolute atomic E-state index is 12.9. The second-order valence-corrected chi connectivity index (χ2v) is 7.21. The third kappa shape index (κ3) is 3.37. The van der Waals surface area contributed by atoms with Crippen LogP contribution in [0.2, 0.25) is 0 Å². The van der Waals surface area contributed by atoms with Crippen LogP contribution in [0.15, 0.2) is 42.6 Å². The Morgan fingerprint density at radius 3 is 2.96 bits per heavy atom. The van der Waals surface area contributed by atoms with E-state index < -0.39 is 0 Å². The molecule has 0 saturated carbocycles. The number of hydrogen-bond donors (Lipinski definition) is 1. The van der Waals surface area contributed by atoms with Crippen molar-refractivity contribution in [3.63, 3.8) is 0 Å². The van der Waals surface area contributed by atoms with Gasteiger partial charge in [0.05, 0.1) is 17.1 Å². The molecule has 0 aliphatic carbocycles. The summed E-state index contributed by atoms with van der Waals surface area (Å²) in [7, 11) is 1.98. The number of hydrogen-bond acceptors (Lipinski definition) is 6. The fourth-order valence-corrected chi connectivity index (χ4v) is 3.57. The molecule has 0 saturated heterocycles. The number of pyridine rings is 1. The average Bonchev–Trinajstić information content (AvgIpc) is 3.29. The molecule has 1 amide bonds. The van der Waals surface area contributed by atoms with E-state index in [1.807, 2.05) is 35.9 Å². The molecule has 0 aliphatic heterocycles. The first-order chi connectivity index (χ1) is 13.2. The van der Waals surface area contributed by atoms with Gasteiger partial charge in [-0.15, -0.1) is 5.10 Å². The molecular weight excluding hydrogens is 362 g/mol. The Kier molecular flexibility index (Phi) is 4.76. The van der Waals surface area contributed by atoms with Crippen molar-refractivity contribution in [1.82, 2.24) is 34.9 Å². The predicted molar refractivity (Wildman–Crippen MR) is 105 cm³/mol. The lowest BCUT2D eigenvalue weighted by Crippen LogP contribution is -2.31. The summed E-state index contributed by atoms with van der Waals surface area (Å²) in [6.45, 7) is 0. The predicted octanol–water partition coefficient (Wildman–Crippen LogP) is 2.24. The molecule has 138 valence electrons. The van der Waals surface area contributed by atoms with Crippen molar-refractivity contribution in [2.75, 3.05) is 12.0 Å². The summed E-state index contributed by atoms with van der Waals surface area (Å²) >= 11 is 1.75. The van der Waals surface area contributed by atoms with Crippen LogP contribution in [-0.4, -0.2) is 47.5 Å². The van der Waals surface area contributed by atoms with Gasteiger partial charge < -0.3 is 9.88 Å². The van der Waals surface area contributed by atoms with E-state index >= 15 is 0 Å². The maximum Gasteiger partial charge on any atom is 0.252 e. The van der Waals surface area contributed by atoms with Gasteiger partial charge in [0.25, 0.3) is 5.91 Å². The second-order valence-electron chi connectivity index (χ2n) is 6.22. The molecule has 3 aromatic heterocycles. The number of para-hydroxylation sites is 2. The Balaban J connectivity index is 1.64. The van der Waals surface area contributed by atoms with Gasteiger partial charge in [-0.1, -0.05) is 12.1 Å². The number of amides is 1. The number of tetrazole rings is 1. The van der Waals surface area contributed by atoms with Gasteiger partial charge in [0, 0.05) is 18.8 Å². The van der Waals surface area contributed by atoms with E-state index in [4.69, 9.17) is 4.98 Å². The standard InChI is InChI=1S/C18H19N7OS/c1-24-15-6-4-3-5-13(15)19-17(24)14(8-10-27-2)20-18(26)12-7-9-25-16(11-12)21-22-23-25/h3-7,9,11,14H,8,10H2,1-2H3,(H,20,26)/t14-/m1/s1. The van der Waals surface area contributed by atoms with Gasteiger partial charge in [0.15, 0.2) is 5.65 Å². The SMILES string of the molecule is CSCC[C@@H](NC(=O)c1ccn2nnnc2c1)c1nc2ccccc2n1C. The Hall–Kier alpha value is -2.94. The minimum absolute atomic E-state index is 0.168. The van der Waals surface area contributed by atoms with Crippen LogP contribution >= 0.6 is 11.8 Å². The number of nitrogens with one attached hydrogen (secondary N) is 1. The van der Waals surface area contributed by atoms with Crippen molar-refractivity contribution in [2.45, 2.75) is 12.5 Å². The normalized spacial score (nSPS) is 12.5. The highest BCUT2D eigenvalue weighted by atomic mass is 32.2. The largest absolute Gasteiger partial charge is 0.342 e. The number of benzene rings is 1. The molecule has 1 atom stereocenters. The second kappa shape index (κ2) is 7.36. The quantitative estimate of drug-likeness (QED) is 0.551. The Bertz CT molecular complexity index is 1100. The van der Waals surface area contributed by atoms with Gasteiger partial charge >= 0.3 is 0 Å². The molecule has 1 aromatic carbocycles. The summed E-state index contributed by atoms with van der Waals surface area (Å²) in [5.74, 6) is 1.60. The van der Waals surface area contributed by atoms with Gasteiger partial charge in [-0.25, -0.2) is 9.50 Å². The zero-order chi connectivity index (χ0) is 18.8. The summed E-state index contributed by atoms with van der Waals surface area (Å²) in [6.07, 6.45) is 4.52. The Labute approximate surface area is 160 Å². The highest BCUT2D eigenvalue weighted by molar-refractivity contribution is 7.98. The van der Waals surface area contributed by atoms with E-state index in [9.17, 15) is 4.79 Å². The first kappa shape index (κ1) is 17.5. The fraction of sp³-hybridized carbons (Fsp3) is 0.278. The summed E-state index contributed by atoms with van der Waals surface area (Å²) in [6, 6.07) is 11.2. The van der Waals surface area contributed by atoms with E-state index in [0.717, 1.165) is 29.0 Å². The maximum atomic E-state index is 12.9. The van der Waals surface area contributed by atoms with Crippen LogP contribution < -0.4 is 5.32 Å². The summed E-state index contributed by atoms with van der Waals surface area (Å²) in [4.78, 5) is 17.6. The third-order valence-electron chi connectivity index (χ3n) is 4.51. The number of aromatic nitrogens is 6. The number of imidazole rings is 1. The summed E-state index contributed by atoms with van der Waals surface area (Å²) < 4.78 is 3.57. The number of carbonyl (C=O) groups excluding carboxylic acids is 1. The van der Waals surface area contributed by atoms with Crippen LogP contribution in [0.4, 0.5) is 0 Å². The summed E-state index contributed by atoms with van der Waals surface area (Å²) in [5.41, 5.74) is 3.03. The first-order valence-corrected chi connectivity index (χ1v) is 9.95. The molecule has 4 rings (SSSR count). The van der Waals surface area contributed by atoms with Crippen LogP contribution in [-0.2, 0) is 7.05 Å². The van der Waals surface area contributed by atoms with Crippen LogP contribution in [0.5, 0.6) is 0 Å². The molecule has 3 heterocycles. The molecule has 8 nitrogen and oxygen atoms in total. The van der Waals surface area contributed by atoms with Crippen molar-refractivity contribution in [2.24, 2.45) is 7.05 Å². The van der Waals surface area contributed by atoms with Crippen LogP contribution in [0.25, 0.3) is 16.7 Å². The average molecular weight is 381 g/mol. The lowest BCUT2D eigenvalue weighted by atomic mass is 10.1. The van der Waals surface area contributed by atoms with Crippen LogP contribution in [0.1, 0.15) is 28.6 Å². The molecule has 0 spiro atoms. The lowest BCUT2D eigenvalue weighted by molar-refractivity contribution is 0.0933. The number of fused-ring (bicyclic) bond motifs is 2. The van der Waals surface area contributed by atoms with Crippen molar-refractivity contribution in [1.29, 1.82) is 0 Å². The molecule has 1 N–H and O–H groups in total. The molecule has 0 bridgehead atoms. The van der Waals surface area contributed by atoms with Gasteiger partial charge in [-0.05, 0) is 53.1 Å². The third-order valence-corrected chi connectivity index (χ3v) is 5.15. The van der Waals surface area contributed by atoms with E-state index in [1.165, 1.54) is 4.52 Å². The number of carbonyl (C=O) groups is 1. The Morgan fingerprint density at radius 1 is 1.30 bits per heavy atom. The van der Waals surface area contributed by atoms with Gasteiger partial charge in [0.2, 0.25) is 0 Å². The van der Waals surface area contributed by atoms with Crippen molar-refractivity contribution in [3.8, 4) is 0 Å². The number of thioether (sulfide) groups is 1. The topological polar surface area (TPSA) is 90.0 Å². The van der Waals surface area contributed by atoms with Crippen molar-refractivity contribution >= 4 is 34.3 Å². The van der Waals surface area contributed by atoms with Crippen LogP contribution in [0.3, 0.4) is 0 Å². The molecule has 0 fully saturated rings. The van der Waals surface area contributed by atoms with Crippen LogP contribution in [0, 0.1) is 0 Å². The molecule has 0 aliphatic rings. The molecule has 0 radical (unpaired) electrons. The van der Waals surface area contributed by atoms with Gasteiger partial charge in [-0.2, -0.15) is 11.8 Å². The van der Waals surface area contributed by atoms with Crippen molar-refractivity contribution < 1.29 is 4.79 Å². The monoisotopic (exact) mass is 381 g/mol. The molecule has 27 heavy (non-hydrogen) atoms. The number of nitrogens with zero attached hydrogens (tertiary/aromatic N) is 6. The van der Waals surface area contributed by atoms with E-state index in [0.29, 0.717) is 11.2 Å².